The molecule has 2 aliphatic carbocycles. The number of nitrogens with one attached hydrogen (secondary N) is 2. The lowest BCUT2D eigenvalue weighted by Gasteiger charge is -2.48. The highest BCUT2D eigenvalue weighted by atomic mass is 35.5. The molecule has 6 atom stereocenters. The molecule has 0 saturated carbocycles. The van der Waals surface area contributed by atoms with E-state index in [1.165, 1.54) is 12.8 Å². The number of piperidine rings is 1. The first kappa shape index (κ1) is 39.1. The highest BCUT2D eigenvalue weighted by Crippen LogP contribution is 2.43. The number of hydrogen-bond donors (Lipinski definition) is 2. The minimum absolute atomic E-state index is 0. The molecule has 9 heteroatoms. The van der Waals surface area contributed by atoms with Gasteiger partial charge in [-0.2, -0.15) is 0 Å². The topological polar surface area (TPSA) is 148 Å². The van der Waals surface area contributed by atoms with Gasteiger partial charge in [0.1, 0.15) is 0 Å². The molecule has 3 aliphatic rings. The van der Waals surface area contributed by atoms with Gasteiger partial charge in [-0.3, -0.25) is 4.79 Å². The molecule has 1 amide bonds. The van der Waals surface area contributed by atoms with Gasteiger partial charge in [0, 0.05) is 44.7 Å². The first-order valence-electron chi connectivity index (χ1n) is 13.4. The van der Waals surface area contributed by atoms with Crippen LogP contribution in [0.2, 0.25) is 0 Å². The van der Waals surface area contributed by atoms with Crippen LogP contribution in [0.4, 0.5) is 0 Å². The van der Waals surface area contributed by atoms with Crippen LogP contribution in [0, 0.1) is 29.1 Å². The third-order valence-corrected chi connectivity index (χ3v) is 8.61. The van der Waals surface area contributed by atoms with Gasteiger partial charge in [0.15, 0.2) is 0 Å². The summed E-state index contributed by atoms with van der Waals surface area (Å²) in [4.78, 5) is 15.8. The van der Waals surface area contributed by atoms with Crippen molar-refractivity contribution in [2.75, 3.05) is 39.9 Å². The van der Waals surface area contributed by atoms with E-state index in [0.29, 0.717) is 24.4 Å². The first-order chi connectivity index (χ1) is 16.2. The predicted molar refractivity (Wildman–Crippen MR) is 160 cm³/mol. The zero-order chi connectivity index (χ0) is 24.7. The zero-order valence-electron chi connectivity index (χ0n) is 23.6. The summed E-state index contributed by atoms with van der Waals surface area (Å²) in [6.07, 6.45) is 14.2. The number of likely N-dealkylation sites (tertiary alicyclic amines) is 1. The highest BCUT2D eigenvalue weighted by molar-refractivity contribution is 6.21. The van der Waals surface area contributed by atoms with E-state index in [9.17, 15) is 4.79 Å². The Morgan fingerprint density at radius 2 is 1.84 bits per heavy atom. The van der Waals surface area contributed by atoms with Crippen LogP contribution >= 0.6 is 11.6 Å². The van der Waals surface area contributed by atoms with Gasteiger partial charge >= 0.3 is 0 Å². The molecule has 1 saturated heterocycles. The van der Waals surface area contributed by atoms with Crippen molar-refractivity contribution in [3.8, 4) is 0 Å². The molecule has 0 bridgehead atoms. The number of amides is 1. The van der Waals surface area contributed by atoms with Gasteiger partial charge < -0.3 is 36.7 Å². The molecule has 0 radical (unpaired) electrons. The van der Waals surface area contributed by atoms with Gasteiger partial charge in [-0.15, -0.1) is 11.6 Å². The SMILES string of the molecule is C.COCCNC1C=CCC(C(=O)N[C@@H](CN2CCC(C3C=CC(Cl)CC3)C(C)(C)C2)C(C)C)C1.O.O.O. The van der Waals surface area contributed by atoms with Crippen LogP contribution < -0.4 is 10.6 Å². The molecule has 226 valence electrons. The quantitative estimate of drug-likeness (QED) is 0.239. The zero-order valence-corrected chi connectivity index (χ0v) is 24.3. The number of halogens is 1. The van der Waals surface area contributed by atoms with E-state index < -0.39 is 0 Å². The average molecular weight is 564 g/mol. The molecule has 1 heterocycles. The maximum Gasteiger partial charge on any atom is 0.223 e. The van der Waals surface area contributed by atoms with Crippen molar-refractivity contribution in [2.24, 2.45) is 29.1 Å². The second-order valence-electron chi connectivity index (χ2n) is 11.8. The van der Waals surface area contributed by atoms with Crippen molar-refractivity contribution in [1.29, 1.82) is 0 Å². The van der Waals surface area contributed by atoms with Crippen molar-refractivity contribution >= 4 is 17.5 Å². The molecule has 8 N–H and O–H groups in total. The number of carbonyl (C=O) groups excluding carboxylic acids is 1. The Labute approximate surface area is 236 Å². The molecule has 8 nitrogen and oxygen atoms in total. The molecule has 1 aliphatic heterocycles. The summed E-state index contributed by atoms with van der Waals surface area (Å²) >= 11 is 6.29. The molecule has 0 aromatic heterocycles. The number of ether oxygens (including phenoxy) is 1. The van der Waals surface area contributed by atoms with E-state index in [-0.39, 0.29) is 58.6 Å². The number of hydrogen-bond acceptors (Lipinski definition) is 4. The van der Waals surface area contributed by atoms with Gasteiger partial charge in [0.05, 0.1) is 12.0 Å². The lowest BCUT2D eigenvalue weighted by atomic mass is 9.65. The Hall–Kier alpha value is -1.00. The average Bonchev–Trinajstić information content (AvgIpc) is 2.79. The number of rotatable bonds is 10. The third kappa shape index (κ3) is 11.2. The third-order valence-electron chi connectivity index (χ3n) is 8.25. The molecular formula is C29H58ClN3O5. The summed E-state index contributed by atoms with van der Waals surface area (Å²) < 4.78 is 5.14. The van der Waals surface area contributed by atoms with Crippen LogP contribution in [0.25, 0.3) is 0 Å². The molecule has 0 spiro atoms. The number of nitrogens with zero attached hydrogens (tertiary/aromatic N) is 1. The van der Waals surface area contributed by atoms with Crippen LogP contribution in [-0.4, -0.2) is 84.6 Å². The van der Waals surface area contributed by atoms with E-state index in [2.05, 4.69) is 67.5 Å². The van der Waals surface area contributed by atoms with Crippen molar-refractivity contribution in [3.63, 3.8) is 0 Å². The lowest BCUT2D eigenvalue weighted by Crippen LogP contribution is -2.54. The lowest BCUT2D eigenvalue weighted by molar-refractivity contribution is -0.126. The molecule has 0 aromatic rings. The summed E-state index contributed by atoms with van der Waals surface area (Å²) in [5, 5.41) is 7.13. The number of methoxy groups -OCH3 is 1. The van der Waals surface area contributed by atoms with Crippen LogP contribution in [0.15, 0.2) is 24.3 Å². The number of carbonyl (C=O) groups is 1. The Bertz CT molecular complexity index is 718. The fourth-order valence-electron chi connectivity index (χ4n) is 6.18. The van der Waals surface area contributed by atoms with Crippen LogP contribution in [0.5, 0.6) is 0 Å². The molecule has 1 fully saturated rings. The monoisotopic (exact) mass is 563 g/mol. The largest absolute Gasteiger partial charge is 0.412 e. The Kier molecular flexibility index (Phi) is 18.9. The fraction of sp³-hybridized carbons (Fsp3) is 0.828. The van der Waals surface area contributed by atoms with Gasteiger partial charge in [0.25, 0.3) is 0 Å². The van der Waals surface area contributed by atoms with E-state index in [4.69, 9.17) is 16.3 Å². The standard InChI is InChI=1S/C28H48ClN3O2.CH4.3H2O/c1-20(2)26(31-27(33)22-7-6-8-24(17-22)30-14-16-34-5)18-32-15-13-25(28(3,4)19-32)21-9-11-23(29)12-10-21;;;;/h6,8-9,11,20-26,30H,7,10,12-19H2,1-5H3,(H,31,33);1H4;3*1H2/t21?,22?,23?,24?,25?,26-;;;;/m0..../s1. The van der Waals surface area contributed by atoms with Gasteiger partial charge in [-0.25, -0.2) is 0 Å². The van der Waals surface area contributed by atoms with Crippen molar-refractivity contribution < 1.29 is 26.0 Å². The number of alkyl halides is 1. The Balaban J connectivity index is 0. The van der Waals surface area contributed by atoms with Crippen molar-refractivity contribution in [1.82, 2.24) is 15.5 Å². The van der Waals surface area contributed by atoms with E-state index in [0.717, 1.165) is 45.4 Å². The van der Waals surface area contributed by atoms with Crippen LogP contribution in [0.3, 0.4) is 0 Å². The van der Waals surface area contributed by atoms with Crippen molar-refractivity contribution in [2.45, 2.75) is 84.7 Å². The minimum Gasteiger partial charge on any atom is -0.412 e. The highest BCUT2D eigenvalue weighted by Gasteiger charge is 2.40. The fourth-order valence-corrected chi connectivity index (χ4v) is 6.39. The normalized spacial score (nSPS) is 29.2. The first-order valence-corrected chi connectivity index (χ1v) is 13.9. The van der Waals surface area contributed by atoms with Gasteiger partial charge in [0.2, 0.25) is 5.91 Å². The van der Waals surface area contributed by atoms with Crippen LogP contribution in [0.1, 0.15) is 67.2 Å². The number of allylic oxidation sites excluding steroid dienone is 3. The molecule has 0 aromatic carbocycles. The summed E-state index contributed by atoms with van der Waals surface area (Å²) in [5.74, 6) is 2.00. The molecule has 38 heavy (non-hydrogen) atoms. The van der Waals surface area contributed by atoms with Crippen LogP contribution in [-0.2, 0) is 9.53 Å². The second kappa shape index (κ2) is 18.4. The van der Waals surface area contributed by atoms with Gasteiger partial charge in [-0.1, -0.05) is 59.4 Å². The smallest absolute Gasteiger partial charge is 0.223 e. The molecular weight excluding hydrogens is 506 g/mol. The molecule has 5 unspecified atom stereocenters. The van der Waals surface area contributed by atoms with E-state index in [1.807, 2.05) is 0 Å². The maximum absolute atomic E-state index is 13.2. The maximum atomic E-state index is 13.2. The van der Waals surface area contributed by atoms with Gasteiger partial charge in [-0.05, 0) is 61.8 Å². The summed E-state index contributed by atoms with van der Waals surface area (Å²) in [5.41, 5.74) is 0.257. The second-order valence-corrected chi connectivity index (χ2v) is 12.3. The summed E-state index contributed by atoms with van der Waals surface area (Å²) in [7, 11) is 1.72. The summed E-state index contributed by atoms with van der Waals surface area (Å²) in [6, 6.07) is 0.428. The minimum atomic E-state index is 0. The van der Waals surface area contributed by atoms with E-state index >= 15 is 0 Å². The Morgan fingerprint density at radius 1 is 1.13 bits per heavy atom. The predicted octanol–water partition coefficient (Wildman–Crippen LogP) is 2.78. The Morgan fingerprint density at radius 3 is 2.42 bits per heavy atom. The van der Waals surface area contributed by atoms with E-state index in [1.54, 1.807) is 7.11 Å². The molecule has 3 rings (SSSR count). The van der Waals surface area contributed by atoms with Crippen molar-refractivity contribution in [3.05, 3.63) is 24.3 Å². The summed E-state index contributed by atoms with van der Waals surface area (Å²) in [6.45, 7) is 13.9.